The van der Waals surface area contributed by atoms with Crippen LogP contribution in [0.5, 0.6) is 5.75 Å². The summed E-state index contributed by atoms with van der Waals surface area (Å²) in [4.78, 5) is 15.6. The van der Waals surface area contributed by atoms with E-state index in [1.807, 2.05) is 0 Å². The van der Waals surface area contributed by atoms with E-state index >= 15 is 0 Å². The zero-order chi connectivity index (χ0) is 20.2. The van der Waals surface area contributed by atoms with Crippen molar-refractivity contribution in [2.75, 3.05) is 0 Å². The molecular weight excluding hydrogens is 386 g/mol. The summed E-state index contributed by atoms with van der Waals surface area (Å²) in [5.41, 5.74) is 2.71. The number of hydrogen-bond acceptors (Lipinski definition) is 3. The van der Waals surface area contributed by atoms with Crippen molar-refractivity contribution >= 4 is 29.5 Å². The van der Waals surface area contributed by atoms with Crippen LogP contribution in [0.15, 0.2) is 41.4 Å². The molecule has 150 valence electrons. The smallest absolute Gasteiger partial charge is 0.335 e. The van der Waals surface area contributed by atoms with E-state index in [1.165, 1.54) is 62.3 Å². The molecule has 0 aliphatic heterocycles. The zero-order valence-electron chi connectivity index (χ0n) is 16.1. The number of aliphatic imine (C=N–C) groups is 1. The second-order valence-corrected chi connectivity index (χ2v) is 9.61. The summed E-state index contributed by atoms with van der Waals surface area (Å²) in [7, 11) is 0. The van der Waals surface area contributed by atoms with E-state index in [1.54, 1.807) is 12.3 Å². The molecule has 0 saturated heterocycles. The number of aromatic carboxylic acids is 1. The summed E-state index contributed by atoms with van der Waals surface area (Å²) in [5, 5.41) is 19.9. The molecule has 2 aromatic rings. The van der Waals surface area contributed by atoms with Crippen molar-refractivity contribution in [1.29, 1.82) is 0 Å². The minimum absolute atomic E-state index is 0.132. The average Bonchev–Trinajstić information content (AvgIpc) is 2.67. The van der Waals surface area contributed by atoms with Crippen molar-refractivity contribution in [1.82, 2.24) is 0 Å². The lowest BCUT2D eigenvalue weighted by atomic mass is 9.48. The first-order chi connectivity index (χ1) is 13.9. The molecule has 0 aromatic heterocycles. The van der Waals surface area contributed by atoms with Gasteiger partial charge < -0.3 is 10.2 Å². The lowest BCUT2D eigenvalue weighted by molar-refractivity contribution is -0.00520. The van der Waals surface area contributed by atoms with Crippen LogP contribution >= 0.6 is 11.6 Å². The monoisotopic (exact) mass is 409 g/mol. The number of halogens is 1. The van der Waals surface area contributed by atoms with E-state index in [-0.39, 0.29) is 16.7 Å². The first-order valence-corrected chi connectivity index (χ1v) is 10.7. The molecule has 4 fully saturated rings. The number of carboxylic acid groups (broad SMARTS) is 1. The van der Waals surface area contributed by atoms with Gasteiger partial charge in [-0.3, -0.25) is 4.99 Å². The number of aromatic hydroxyl groups is 1. The van der Waals surface area contributed by atoms with Crippen molar-refractivity contribution in [2.45, 2.75) is 43.9 Å². The van der Waals surface area contributed by atoms with Gasteiger partial charge in [0.2, 0.25) is 0 Å². The van der Waals surface area contributed by atoms with Crippen LogP contribution in [-0.2, 0) is 5.41 Å². The number of rotatable bonds is 4. The van der Waals surface area contributed by atoms with Crippen molar-refractivity contribution in [3.05, 3.63) is 58.1 Å². The summed E-state index contributed by atoms with van der Waals surface area (Å²) in [6.07, 6.45) is 9.54. The van der Waals surface area contributed by atoms with E-state index in [4.69, 9.17) is 11.6 Å². The largest absolute Gasteiger partial charge is 0.507 e. The highest BCUT2D eigenvalue weighted by molar-refractivity contribution is 6.33. The van der Waals surface area contributed by atoms with E-state index in [2.05, 4.69) is 17.1 Å². The first kappa shape index (κ1) is 18.7. The van der Waals surface area contributed by atoms with Crippen LogP contribution in [0.4, 0.5) is 5.69 Å². The third kappa shape index (κ3) is 3.33. The normalized spacial score (nSPS) is 30.2. The van der Waals surface area contributed by atoms with E-state index in [0.717, 1.165) is 17.8 Å². The first-order valence-electron chi connectivity index (χ1n) is 10.3. The summed E-state index contributed by atoms with van der Waals surface area (Å²) >= 11 is 6.18. The van der Waals surface area contributed by atoms with Gasteiger partial charge in [-0.05, 0) is 97.6 Å². The standard InChI is InChI=1S/C24H24ClNO3/c25-20-3-1-17(23(28)29)9-21(20)26-13-18-8-19(2-4-22(18)27)24-10-14-5-15(11-24)7-16(6-14)12-24/h1-4,8-9,13-16,27H,5-7,10-12H2,(H,28,29). The summed E-state index contributed by atoms with van der Waals surface area (Å²) < 4.78 is 0. The molecule has 4 saturated carbocycles. The maximum absolute atomic E-state index is 11.2. The quantitative estimate of drug-likeness (QED) is 0.612. The van der Waals surface area contributed by atoms with Gasteiger partial charge in [0.15, 0.2) is 0 Å². The molecule has 2 N–H and O–H groups in total. The lowest BCUT2D eigenvalue weighted by Crippen LogP contribution is -2.48. The summed E-state index contributed by atoms with van der Waals surface area (Å²) in [6.45, 7) is 0. The lowest BCUT2D eigenvalue weighted by Gasteiger charge is -2.57. The van der Waals surface area contributed by atoms with Crippen LogP contribution in [0, 0.1) is 17.8 Å². The molecule has 5 heteroatoms. The number of phenols is 1. The third-order valence-corrected chi connectivity index (χ3v) is 7.53. The fourth-order valence-electron chi connectivity index (χ4n) is 6.34. The van der Waals surface area contributed by atoms with Crippen LogP contribution in [0.2, 0.25) is 5.02 Å². The second kappa shape index (κ2) is 6.88. The number of benzene rings is 2. The van der Waals surface area contributed by atoms with E-state index in [0.29, 0.717) is 16.3 Å². The molecule has 0 unspecified atom stereocenters. The molecular formula is C24H24ClNO3. The van der Waals surface area contributed by atoms with Crippen LogP contribution in [-0.4, -0.2) is 22.4 Å². The highest BCUT2D eigenvalue weighted by Crippen LogP contribution is 2.60. The molecule has 4 aliphatic carbocycles. The molecule has 6 rings (SSSR count). The van der Waals surface area contributed by atoms with Gasteiger partial charge in [0, 0.05) is 11.8 Å². The fourth-order valence-corrected chi connectivity index (χ4v) is 6.50. The minimum Gasteiger partial charge on any atom is -0.507 e. The Morgan fingerprint density at radius 2 is 1.69 bits per heavy atom. The van der Waals surface area contributed by atoms with Gasteiger partial charge in [-0.2, -0.15) is 0 Å². The van der Waals surface area contributed by atoms with E-state index < -0.39 is 5.97 Å². The number of nitrogens with zero attached hydrogens (tertiary/aromatic N) is 1. The molecule has 4 aliphatic rings. The predicted molar refractivity (Wildman–Crippen MR) is 114 cm³/mol. The Balaban J connectivity index is 1.47. The number of carboxylic acids is 1. The maximum Gasteiger partial charge on any atom is 0.335 e. The van der Waals surface area contributed by atoms with Crippen LogP contribution in [0.25, 0.3) is 0 Å². The van der Waals surface area contributed by atoms with Gasteiger partial charge in [0.25, 0.3) is 0 Å². The Bertz CT molecular complexity index is 978. The molecule has 0 atom stereocenters. The Labute approximate surface area is 175 Å². The summed E-state index contributed by atoms with van der Waals surface area (Å²) in [6, 6.07) is 10.3. The Hall–Kier alpha value is -2.33. The van der Waals surface area contributed by atoms with Gasteiger partial charge >= 0.3 is 5.97 Å². The van der Waals surface area contributed by atoms with Crippen molar-refractivity contribution in [3.8, 4) is 5.75 Å². The van der Waals surface area contributed by atoms with Gasteiger partial charge in [-0.1, -0.05) is 17.7 Å². The van der Waals surface area contributed by atoms with Gasteiger partial charge in [-0.15, -0.1) is 0 Å². The minimum atomic E-state index is -1.02. The van der Waals surface area contributed by atoms with Crippen molar-refractivity contribution < 1.29 is 15.0 Å². The number of hydrogen-bond donors (Lipinski definition) is 2. The van der Waals surface area contributed by atoms with Gasteiger partial charge in [0.1, 0.15) is 5.75 Å². The van der Waals surface area contributed by atoms with Crippen molar-refractivity contribution in [2.24, 2.45) is 22.7 Å². The molecule has 0 spiro atoms. The Morgan fingerprint density at radius 1 is 1.03 bits per heavy atom. The van der Waals surface area contributed by atoms with Crippen LogP contribution in [0.3, 0.4) is 0 Å². The molecule has 0 heterocycles. The Kier molecular flexibility index (Phi) is 4.43. The molecule has 2 aromatic carbocycles. The molecule has 4 bridgehead atoms. The van der Waals surface area contributed by atoms with Crippen LogP contribution < -0.4 is 0 Å². The highest BCUT2D eigenvalue weighted by Gasteiger charge is 2.51. The van der Waals surface area contributed by atoms with Crippen LogP contribution in [0.1, 0.15) is 60.0 Å². The highest BCUT2D eigenvalue weighted by atomic mass is 35.5. The van der Waals surface area contributed by atoms with E-state index in [9.17, 15) is 15.0 Å². The Morgan fingerprint density at radius 3 is 2.31 bits per heavy atom. The fraction of sp³-hybridized carbons (Fsp3) is 0.417. The SMILES string of the molecule is O=C(O)c1ccc(Cl)c(N=Cc2cc(C34CC5CC(CC(C5)C3)C4)ccc2O)c1. The molecule has 4 nitrogen and oxygen atoms in total. The average molecular weight is 410 g/mol. The molecule has 0 radical (unpaired) electrons. The second-order valence-electron chi connectivity index (χ2n) is 9.20. The molecule has 0 amide bonds. The number of phenolic OH excluding ortho intramolecular Hbond substituents is 1. The number of carbonyl (C=O) groups is 1. The predicted octanol–water partition coefficient (Wildman–Crippen LogP) is 5.96. The third-order valence-electron chi connectivity index (χ3n) is 7.21. The topological polar surface area (TPSA) is 69.9 Å². The van der Waals surface area contributed by atoms with Gasteiger partial charge in [0.05, 0.1) is 16.3 Å². The maximum atomic E-state index is 11.2. The zero-order valence-corrected chi connectivity index (χ0v) is 16.9. The summed E-state index contributed by atoms with van der Waals surface area (Å²) in [5.74, 6) is 1.71. The van der Waals surface area contributed by atoms with Gasteiger partial charge in [-0.25, -0.2) is 4.79 Å². The van der Waals surface area contributed by atoms with Crippen molar-refractivity contribution in [3.63, 3.8) is 0 Å². The molecule has 29 heavy (non-hydrogen) atoms.